The molecule has 190 valence electrons. The molecule has 3 aromatic rings. The van der Waals surface area contributed by atoms with Crippen LogP contribution in [0.25, 0.3) is 0 Å². The molecule has 15 heteroatoms. The van der Waals surface area contributed by atoms with Crippen LogP contribution in [-0.4, -0.2) is 66.6 Å². The van der Waals surface area contributed by atoms with Crippen molar-refractivity contribution in [3.63, 3.8) is 0 Å². The van der Waals surface area contributed by atoms with E-state index in [1.54, 1.807) is 0 Å². The molecule has 1 fully saturated rings. The summed E-state index contributed by atoms with van der Waals surface area (Å²) in [5.74, 6) is -0.693. The van der Waals surface area contributed by atoms with E-state index < -0.39 is 16.9 Å². The van der Waals surface area contributed by atoms with Gasteiger partial charge in [-0.1, -0.05) is 12.1 Å². The molecular formula is C21H22F3N9O2S. The Morgan fingerprint density at radius 1 is 1.14 bits per heavy atom. The number of rotatable bonds is 6. The third-order valence-electron chi connectivity index (χ3n) is 5.48. The molecule has 1 aromatic carbocycles. The van der Waals surface area contributed by atoms with Gasteiger partial charge in [-0.25, -0.2) is 14.6 Å². The maximum atomic E-state index is 13.7. The van der Waals surface area contributed by atoms with Crippen LogP contribution in [0, 0.1) is 28.7 Å². The summed E-state index contributed by atoms with van der Waals surface area (Å²) in [5, 5.41) is 18.7. The molecule has 0 N–H and O–H groups in total. The first kappa shape index (κ1) is 25.4. The summed E-state index contributed by atoms with van der Waals surface area (Å²) in [5.41, 5.74) is 1.46. The Bertz CT molecular complexity index is 1340. The van der Waals surface area contributed by atoms with Crippen molar-refractivity contribution in [1.29, 1.82) is 0 Å². The largest absolute Gasteiger partial charge is 0.453 e. The Hall–Kier alpha value is -3.72. The SMILES string of the molecule is Cc1cc(C)nc(N2CCN(Cn3nc(C(F)(F)F)n(/N=C/c4ccccc4[N+](=O)[O-])c3=S)CC2)n1. The van der Waals surface area contributed by atoms with E-state index in [0.717, 1.165) is 22.3 Å². The minimum absolute atomic E-state index is 0.0253. The second kappa shape index (κ2) is 10.1. The minimum atomic E-state index is -4.84. The number of benzene rings is 1. The van der Waals surface area contributed by atoms with Gasteiger partial charge in [-0.3, -0.25) is 15.0 Å². The highest BCUT2D eigenvalue weighted by atomic mass is 32.1. The molecule has 0 spiro atoms. The van der Waals surface area contributed by atoms with E-state index >= 15 is 0 Å². The number of aryl methyl sites for hydroxylation is 2. The molecule has 1 saturated heterocycles. The molecule has 0 radical (unpaired) electrons. The molecule has 0 bridgehead atoms. The van der Waals surface area contributed by atoms with Crippen LogP contribution in [0.4, 0.5) is 24.8 Å². The van der Waals surface area contributed by atoms with Gasteiger partial charge >= 0.3 is 6.18 Å². The van der Waals surface area contributed by atoms with E-state index in [0.29, 0.717) is 36.8 Å². The lowest BCUT2D eigenvalue weighted by Gasteiger charge is -2.34. The van der Waals surface area contributed by atoms with Crippen LogP contribution >= 0.6 is 12.2 Å². The van der Waals surface area contributed by atoms with Gasteiger partial charge in [0.15, 0.2) is 0 Å². The van der Waals surface area contributed by atoms with Crippen LogP contribution in [0.3, 0.4) is 0 Å². The second-order valence-electron chi connectivity index (χ2n) is 8.17. The van der Waals surface area contributed by atoms with Crippen molar-refractivity contribution < 1.29 is 18.1 Å². The van der Waals surface area contributed by atoms with Gasteiger partial charge in [0, 0.05) is 43.6 Å². The molecule has 0 saturated carbocycles. The second-order valence-corrected chi connectivity index (χ2v) is 8.54. The monoisotopic (exact) mass is 521 g/mol. The van der Waals surface area contributed by atoms with Gasteiger partial charge in [0.25, 0.3) is 11.5 Å². The molecule has 36 heavy (non-hydrogen) atoms. The smallest absolute Gasteiger partial charge is 0.338 e. The molecule has 4 rings (SSSR count). The number of aromatic nitrogens is 5. The zero-order valence-corrected chi connectivity index (χ0v) is 20.2. The Kier molecular flexibility index (Phi) is 7.12. The predicted octanol–water partition coefficient (Wildman–Crippen LogP) is 3.41. The van der Waals surface area contributed by atoms with Crippen molar-refractivity contribution in [1.82, 2.24) is 29.3 Å². The van der Waals surface area contributed by atoms with E-state index in [-0.39, 0.29) is 22.7 Å². The fourth-order valence-corrected chi connectivity index (χ4v) is 4.01. The molecule has 0 aliphatic carbocycles. The lowest BCUT2D eigenvalue weighted by molar-refractivity contribution is -0.385. The first-order valence-corrected chi connectivity index (χ1v) is 11.3. The first-order valence-electron chi connectivity index (χ1n) is 10.9. The average Bonchev–Trinajstić information content (AvgIpc) is 3.13. The van der Waals surface area contributed by atoms with Gasteiger partial charge in [0.05, 0.1) is 23.4 Å². The Morgan fingerprint density at radius 2 is 1.78 bits per heavy atom. The number of nitro groups is 1. The Balaban J connectivity index is 1.54. The number of para-hydroxylation sites is 1. The molecule has 0 atom stereocenters. The standard InChI is InChI=1S/C21H22F3N9O2S/c1-14-11-15(2)27-19(26-14)30-9-7-29(8-10-30)13-31-20(36)32(18(28-31)21(22,23)24)25-12-16-5-3-4-6-17(16)33(34)35/h3-6,11-12H,7-10,13H2,1-2H3/b25-12+. The van der Waals surface area contributed by atoms with Crippen molar-refractivity contribution in [2.75, 3.05) is 31.1 Å². The third-order valence-corrected chi connectivity index (χ3v) is 5.86. The lowest BCUT2D eigenvalue weighted by atomic mass is 10.2. The molecule has 0 unspecified atom stereocenters. The van der Waals surface area contributed by atoms with Crippen LogP contribution in [0.2, 0.25) is 0 Å². The number of alkyl halides is 3. The predicted molar refractivity (Wildman–Crippen MR) is 127 cm³/mol. The van der Waals surface area contributed by atoms with Gasteiger partial charge in [-0.05, 0) is 38.2 Å². The third kappa shape index (κ3) is 5.57. The molecule has 3 heterocycles. The van der Waals surface area contributed by atoms with Gasteiger partial charge < -0.3 is 4.90 Å². The summed E-state index contributed by atoms with van der Waals surface area (Å²) < 4.78 is 42.3. The van der Waals surface area contributed by atoms with Crippen molar-refractivity contribution in [3.05, 3.63) is 68.0 Å². The number of hydrogen-bond donors (Lipinski definition) is 0. The maximum Gasteiger partial charge on any atom is 0.453 e. The van der Waals surface area contributed by atoms with E-state index in [9.17, 15) is 23.3 Å². The van der Waals surface area contributed by atoms with Gasteiger partial charge in [-0.15, -0.1) is 5.10 Å². The quantitative estimate of drug-likeness (QED) is 0.210. The molecule has 0 amide bonds. The number of nitrogens with zero attached hydrogens (tertiary/aromatic N) is 9. The highest BCUT2D eigenvalue weighted by Gasteiger charge is 2.39. The highest BCUT2D eigenvalue weighted by Crippen LogP contribution is 2.28. The first-order chi connectivity index (χ1) is 17.0. The normalized spacial score (nSPS) is 15.1. The number of hydrogen-bond acceptors (Lipinski definition) is 9. The summed E-state index contributed by atoms with van der Waals surface area (Å²) in [6.07, 6.45) is -3.87. The fourth-order valence-electron chi connectivity index (χ4n) is 3.78. The molecule has 2 aromatic heterocycles. The minimum Gasteiger partial charge on any atom is -0.338 e. The van der Waals surface area contributed by atoms with Crippen LogP contribution < -0.4 is 4.90 Å². The van der Waals surface area contributed by atoms with Crippen molar-refractivity contribution in [3.8, 4) is 0 Å². The van der Waals surface area contributed by atoms with Gasteiger partial charge in [-0.2, -0.15) is 22.9 Å². The average molecular weight is 522 g/mol. The zero-order chi connectivity index (χ0) is 26.0. The van der Waals surface area contributed by atoms with E-state index in [4.69, 9.17) is 12.2 Å². The van der Waals surface area contributed by atoms with E-state index in [1.807, 2.05) is 29.7 Å². The summed E-state index contributed by atoms with van der Waals surface area (Å²) >= 11 is 5.24. The van der Waals surface area contributed by atoms with E-state index in [1.165, 1.54) is 24.3 Å². The number of nitro benzene ring substituents is 1. The zero-order valence-electron chi connectivity index (χ0n) is 19.4. The fraction of sp³-hybridized carbons (Fsp3) is 0.381. The summed E-state index contributed by atoms with van der Waals surface area (Å²) in [6, 6.07) is 7.46. The van der Waals surface area contributed by atoms with Crippen molar-refractivity contribution in [2.24, 2.45) is 5.10 Å². The highest BCUT2D eigenvalue weighted by molar-refractivity contribution is 7.71. The molecule has 1 aliphatic rings. The van der Waals surface area contributed by atoms with Crippen molar-refractivity contribution in [2.45, 2.75) is 26.7 Å². The van der Waals surface area contributed by atoms with Gasteiger partial charge in [0.1, 0.15) is 0 Å². The summed E-state index contributed by atoms with van der Waals surface area (Å²) in [4.78, 5) is 23.4. The van der Waals surface area contributed by atoms with Crippen LogP contribution in [-0.2, 0) is 12.8 Å². The molecular weight excluding hydrogens is 499 g/mol. The number of piperazine rings is 1. The summed E-state index contributed by atoms with van der Waals surface area (Å²) in [7, 11) is 0. The van der Waals surface area contributed by atoms with E-state index in [2.05, 4.69) is 20.2 Å². The van der Waals surface area contributed by atoms with Crippen molar-refractivity contribution >= 4 is 30.1 Å². The topological polar surface area (TPSA) is 111 Å². The lowest BCUT2D eigenvalue weighted by Crippen LogP contribution is -2.47. The van der Waals surface area contributed by atoms with Crippen LogP contribution in [0.5, 0.6) is 0 Å². The molecule has 11 nitrogen and oxygen atoms in total. The number of halogens is 3. The summed E-state index contributed by atoms with van der Waals surface area (Å²) in [6.45, 7) is 6.04. The Morgan fingerprint density at radius 3 is 2.39 bits per heavy atom. The van der Waals surface area contributed by atoms with Crippen LogP contribution in [0.1, 0.15) is 22.8 Å². The van der Waals surface area contributed by atoms with Crippen LogP contribution in [0.15, 0.2) is 35.4 Å². The molecule has 1 aliphatic heterocycles. The Labute approximate surface area is 208 Å². The maximum absolute atomic E-state index is 13.7. The number of anilines is 1. The van der Waals surface area contributed by atoms with Gasteiger partial charge in [0.2, 0.25) is 10.7 Å².